The fraction of sp³-hybridized carbons (Fsp3) is 1.00. The van der Waals surface area contributed by atoms with Crippen LogP contribution in [0.3, 0.4) is 0 Å². The first-order valence-corrected chi connectivity index (χ1v) is 6.77. The minimum atomic E-state index is 0.349. The molecule has 0 saturated carbocycles. The highest BCUT2D eigenvalue weighted by Gasteiger charge is 2.19. The first-order valence-electron chi connectivity index (χ1n) is 6.77. The van der Waals surface area contributed by atoms with E-state index in [1.165, 1.54) is 51.6 Å². The molecule has 0 aromatic heterocycles. The van der Waals surface area contributed by atoms with Crippen LogP contribution in [0.2, 0.25) is 0 Å². The second-order valence-corrected chi connectivity index (χ2v) is 5.57. The predicted octanol–water partition coefficient (Wildman–Crippen LogP) is 4.47. The number of hydrogen-bond donors (Lipinski definition) is 0. The summed E-state index contributed by atoms with van der Waals surface area (Å²) >= 11 is 0. The maximum Gasteiger partial charge on any atom is 0.0125 e. The summed E-state index contributed by atoms with van der Waals surface area (Å²) in [5.74, 6) is 0. The van der Waals surface area contributed by atoms with Crippen molar-refractivity contribution in [1.82, 2.24) is 4.90 Å². The Hall–Kier alpha value is -0.0400. The zero-order chi connectivity index (χ0) is 11.7. The summed E-state index contributed by atoms with van der Waals surface area (Å²) in [5.41, 5.74) is 0.349. The molecule has 0 atom stereocenters. The first-order chi connectivity index (χ1) is 7.02. The van der Waals surface area contributed by atoms with Crippen LogP contribution in [0, 0.1) is 0 Å². The van der Waals surface area contributed by atoms with Gasteiger partial charge in [-0.3, -0.25) is 4.90 Å². The minimum Gasteiger partial charge on any atom is -0.298 e. The van der Waals surface area contributed by atoms with E-state index in [4.69, 9.17) is 0 Å². The molecule has 0 saturated heterocycles. The lowest BCUT2D eigenvalue weighted by Gasteiger charge is -2.35. The maximum absolute atomic E-state index is 2.64. The molecule has 0 N–H and O–H groups in total. The lowest BCUT2D eigenvalue weighted by Crippen LogP contribution is -2.42. The molecule has 0 radical (unpaired) electrons. The molecular weight excluding hydrogens is 182 g/mol. The van der Waals surface area contributed by atoms with E-state index in [-0.39, 0.29) is 0 Å². The number of nitrogens with zero attached hydrogens (tertiary/aromatic N) is 1. The lowest BCUT2D eigenvalue weighted by atomic mass is 10.0. The van der Waals surface area contributed by atoms with Crippen molar-refractivity contribution >= 4 is 0 Å². The van der Waals surface area contributed by atoms with E-state index in [2.05, 4.69) is 39.5 Å². The Morgan fingerprint density at radius 1 is 0.733 bits per heavy atom. The van der Waals surface area contributed by atoms with Gasteiger partial charge in [-0.25, -0.2) is 0 Å². The summed E-state index contributed by atoms with van der Waals surface area (Å²) in [5, 5.41) is 0. The van der Waals surface area contributed by atoms with E-state index in [9.17, 15) is 0 Å². The van der Waals surface area contributed by atoms with Gasteiger partial charge in [0.15, 0.2) is 0 Å². The molecular formula is C14H31N. The average Bonchev–Trinajstić information content (AvgIpc) is 2.15. The van der Waals surface area contributed by atoms with Crippen LogP contribution in [-0.2, 0) is 0 Å². The summed E-state index contributed by atoms with van der Waals surface area (Å²) in [7, 11) is 0. The molecule has 0 aromatic carbocycles. The van der Waals surface area contributed by atoms with Crippen LogP contribution in [0.4, 0.5) is 0 Å². The largest absolute Gasteiger partial charge is 0.298 e. The zero-order valence-electron chi connectivity index (χ0n) is 11.6. The van der Waals surface area contributed by atoms with Crippen LogP contribution in [0.25, 0.3) is 0 Å². The fourth-order valence-corrected chi connectivity index (χ4v) is 1.86. The van der Waals surface area contributed by atoms with Crippen LogP contribution in [0.1, 0.15) is 73.1 Å². The van der Waals surface area contributed by atoms with E-state index in [1.807, 2.05) is 0 Å². The Balaban J connectivity index is 3.81. The standard InChI is InChI=1S/C14H31N/c1-6-8-10-11-13-15(12-9-7-2)14(3,4)5/h6-13H2,1-5H3. The van der Waals surface area contributed by atoms with Gasteiger partial charge in [0.25, 0.3) is 0 Å². The second-order valence-electron chi connectivity index (χ2n) is 5.57. The highest BCUT2D eigenvalue weighted by molar-refractivity contribution is 4.75. The first kappa shape index (κ1) is 15.0. The zero-order valence-corrected chi connectivity index (χ0v) is 11.6. The van der Waals surface area contributed by atoms with Gasteiger partial charge in [0, 0.05) is 5.54 Å². The topological polar surface area (TPSA) is 3.24 Å². The van der Waals surface area contributed by atoms with Gasteiger partial charge in [0.1, 0.15) is 0 Å². The summed E-state index contributed by atoms with van der Waals surface area (Å²) in [4.78, 5) is 2.64. The molecule has 0 aromatic rings. The van der Waals surface area contributed by atoms with E-state index >= 15 is 0 Å². The highest BCUT2D eigenvalue weighted by Crippen LogP contribution is 2.15. The Morgan fingerprint density at radius 2 is 1.27 bits per heavy atom. The Labute approximate surface area is 97.2 Å². The molecule has 15 heavy (non-hydrogen) atoms. The summed E-state index contributed by atoms with van der Waals surface area (Å²) in [6.45, 7) is 14.1. The van der Waals surface area contributed by atoms with Gasteiger partial charge < -0.3 is 0 Å². The third-order valence-electron chi connectivity index (χ3n) is 3.01. The molecule has 0 aliphatic heterocycles. The van der Waals surface area contributed by atoms with Crippen LogP contribution in [0.5, 0.6) is 0 Å². The van der Waals surface area contributed by atoms with Gasteiger partial charge in [0.2, 0.25) is 0 Å². The average molecular weight is 213 g/mol. The molecule has 0 bridgehead atoms. The van der Waals surface area contributed by atoms with Gasteiger partial charge in [-0.15, -0.1) is 0 Å². The van der Waals surface area contributed by atoms with Gasteiger partial charge in [-0.2, -0.15) is 0 Å². The highest BCUT2D eigenvalue weighted by atomic mass is 15.2. The van der Waals surface area contributed by atoms with Gasteiger partial charge in [-0.1, -0.05) is 39.5 Å². The minimum absolute atomic E-state index is 0.349. The molecule has 0 aliphatic rings. The normalized spacial score (nSPS) is 12.4. The quantitative estimate of drug-likeness (QED) is 0.538. The molecule has 0 spiro atoms. The Bertz CT molecular complexity index is 135. The summed E-state index contributed by atoms with van der Waals surface area (Å²) in [6, 6.07) is 0. The molecule has 1 nitrogen and oxygen atoms in total. The van der Waals surface area contributed by atoms with Gasteiger partial charge in [0.05, 0.1) is 0 Å². The molecule has 92 valence electrons. The maximum atomic E-state index is 2.64. The number of rotatable bonds is 8. The van der Waals surface area contributed by atoms with E-state index in [0.717, 1.165) is 0 Å². The smallest absolute Gasteiger partial charge is 0.0125 e. The monoisotopic (exact) mass is 213 g/mol. The lowest BCUT2D eigenvalue weighted by molar-refractivity contribution is 0.131. The second kappa shape index (κ2) is 8.15. The molecule has 0 unspecified atom stereocenters. The number of hydrogen-bond acceptors (Lipinski definition) is 1. The predicted molar refractivity (Wildman–Crippen MR) is 70.4 cm³/mol. The van der Waals surface area contributed by atoms with E-state index in [1.54, 1.807) is 0 Å². The van der Waals surface area contributed by atoms with Gasteiger partial charge >= 0.3 is 0 Å². The fourth-order valence-electron chi connectivity index (χ4n) is 1.86. The van der Waals surface area contributed by atoms with Crippen molar-refractivity contribution in [3.8, 4) is 0 Å². The Kier molecular flexibility index (Phi) is 8.13. The van der Waals surface area contributed by atoms with Crippen LogP contribution in [0.15, 0.2) is 0 Å². The van der Waals surface area contributed by atoms with Crippen LogP contribution in [-0.4, -0.2) is 23.5 Å². The Morgan fingerprint density at radius 3 is 1.73 bits per heavy atom. The summed E-state index contributed by atoms with van der Waals surface area (Å²) < 4.78 is 0. The van der Waals surface area contributed by atoms with Crippen LogP contribution >= 0.6 is 0 Å². The van der Waals surface area contributed by atoms with Gasteiger partial charge in [-0.05, 0) is 46.7 Å². The van der Waals surface area contributed by atoms with Crippen molar-refractivity contribution < 1.29 is 0 Å². The third kappa shape index (κ3) is 7.84. The van der Waals surface area contributed by atoms with Crippen molar-refractivity contribution in [3.05, 3.63) is 0 Å². The van der Waals surface area contributed by atoms with Crippen molar-refractivity contribution in [2.75, 3.05) is 13.1 Å². The van der Waals surface area contributed by atoms with Crippen molar-refractivity contribution in [3.63, 3.8) is 0 Å². The number of unbranched alkanes of at least 4 members (excludes halogenated alkanes) is 4. The van der Waals surface area contributed by atoms with Crippen molar-refractivity contribution in [2.24, 2.45) is 0 Å². The molecule has 0 fully saturated rings. The SMILES string of the molecule is CCCCCCN(CCCC)C(C)(C)C. The summed E-state index contributed by atoms with van der Waals surface area (Å²) in [6.07, 6.45) is 8.15. The molecule has 0 amide bonds. The molecule has 0 aliphatic carbocycles. The van der Waals surface area contributed by atoms with Crippen molar-refractivity contribution in [1.29, 1.82) is 0 Å². The third-order valence-corrected chi connectivity index (χ3v) is 3.01. The van der Waals surface area contributed by atoms with Crippen LogP contribution < -0.4 is 0 Å². The molecule has 0 heterocycles. The molecule has 0 rings (SSSR count). The van der Waals surface area contributed by atoms with E-state index in [0.29, 0.717) is 5.54 Å². The molecule has 1 heteroatoms. The van der Waals surface area contributed by atoms with E-state index < -0.39 is 0 Å². The van der Waals surface area contributed by atoms with Crippen molar-refractivity contribution in [2.45, 2.75) is 78.7 Å².